The number of hydrogen-bond donors (Lipinski definition) is 3. The molecule has 0 fully saturated rings. The highest BCUT2D eigenvalue weighted by Crippen LogP contribution is 2.21. The number of carbonyl (C=O) groups is 1. The van der Waals surface area contributed by atoms with Crippen LogP contribution in [-0.2, 0) is 0 Å². The van der Waals surface area contributed by atoms with Gasteiger partial charge in [0.05, 0.1) is 6.04 Å². The second kappa shape index (κ2) is 5.36. The van der Waals surface area contributed by atoms with E-state index >= 15 is 0 Å². The van der Waals surface area contributed by atoms with Crippen LogP contribution in [0.5, 0.6) is 0 Å². The van der Waals surface area contributed by atoms with E-state index in [4.69, 9.17) is 10.2 Å². The van der Waals surface area contributed by atoms with Crippen molar-refractivity contribution < 1.29 is 15.0 Å². The average molecular weight is 209 g/mol. The number of aliphatic hydroxyl groups is 1. The number of carboxylic acid groups (broad SMARTS) is 1. The molecule has 1 rings (SSSR count). The molecule has 0 heterocycles. The smallest absolute Gasteiger partial charge is 0.405 e. The summed E-state index contributed by atoms with van der Waals surface area (Å²) in [5, 5.41) is 20.1. The van der Waals surface area contributed by atoms with Crippen molar-refractivity contribution in [2.24, 2.45) is 5.92 Å². The molecule has 0 radical (unpaired) electrons. The lowest BCUT2D eigenvalue weighted by molar-refractivity contribution is 0.169. The van der Waals surface area contributed by atoms with Gasteiger partial charge in [-0.1, -0.05) is 37.3 Å². The van der Waals surface area contributed by atoms with Gasteiger partial charge in [0, 0.05) is 12.5 Å². The third kappa shape index (κ3) is 3.25. The van der Waals surface area contributed by atoms with Crippen LogP contribution in [-0.4, -0.2) is 22.9 Å². The van der Waals surface area contributed by atoms with Gasteiger partial charge in [-0.15, -0.1) is 0 Å². The molecule has 0 aliphatic carbocycles. The van der Waals surface area contributed by atoms with Crippen molar-refractivity contribution in [1.29, 1.82) is 0 Å². The van der Waals surface area contributed by atoms with Crippen molar-refractivity contribution >= 4 is 6.09 Å². The molecule has 3 N–H and O–H groups in total. The quantitative estimate of drug-likeness (QED) is 0.705. The van der Waals surface area contributed by atoms with E-state index in [2.05, 4.69) is 5.32 Å². The Morgan fingerprint density at radius 3 is 2.47 bits per heavy atom. The monoisotopic (exact) mass is 209 g/mol. The van der Waals surface area contributed by atoms with Crippen molar-refractivity contribution in [3.8, 4) is 0 Å². The maximum absolute atomic E-state index is 10.6. The zero-order chi connectivity index (χ0) is 11.3. The Labute approximate surface area is 88.6 Å². The van der Waals surface area contributed by atoms with Gasteiger partial charge < -0.3 is 15.5 Å². The highest BCUT2D eigenvalue weighted by atomic mass is 16.4. The van der Waals surface area contributed by atoms with Crippen LogP contribution in [0.3, 0.4) is 0 Å². The van der Waals surface area contributed by atoms with E-state index in [-0.39, 0.29) is 18.6 Å². The molecule has 2 atom stereocenters. The van der Waals surface area contributed by atoms with Gasteiger partial charge >= 0.3 is 6.09 Å². The molecule has 1 aromatic carbocycles. The normalized spacial score (nSPS) is 14.3. The molecule has 1 aromatic rings. The van der Waals surface area contributed by atoms with Gasteiger partial charge in [0.2, 0.25) is 0 Å². The fourth-order valence-corrected chi connectivity index (χ4v) is 1.45. The Morgan fingerprint density at radius 2 is 2.00 bits per heavy atom. The second-order valence-corrected chi connectivity index (χ2v) is 3.50. The van der Waals surface area contributed by atoms with E-state index < -0.39 is 6.09 Å². The van der Waals surface area contributed by atoms with E-state index in [1.54, 1.807) is 6.92 Å². The van der Waals surface area contributed by atoms with Gasteiger partial charge in [0.25, 0.3) is 0 Å². The third-order valence-corrected chi connectivity index (χ3v) is 2.29. The third-order valence-electron chi connectivity index (χ3n) is 2.29. The van der Waals surface area contributed by atoms with Crippen molar-refractivity contribution in [2.45, 2.75) is 13.0 Å². The molecule has 82 valence electrons. The molecule has 4 nitrogen and oxygen atoms in total. The first-order valence-corrected chi connectivity index (χ1v) is 4.80. The number of hydrogen-bond acceptors (Lipinski definition) is 2. The van der Waals surface area contributed by atoms with E-state index in [1.165, 1.54) is 0 Å². The van der Waals surface area contributed by atoms with Crippen LogP contribution in [0.1, 0.15) is 18.5 Å². The summed E-state index contributed by atoms with van der Waals surface area (Å²) in [6.07, 6.45) is -1.08. The van der Waals surface area contributed by atoms with Crippen LogP contribution in [0, 0.1) is 5.92 Å². The molecule has 0 spiro atoms. The molecular formula is C11H15NO3. The zero-order valence-corrected chi connectivity index (χ0v) is 8.55. The summed E-state index contributed by atoms with van der Waals surface area (Å²) >= 11 is 0. The second-order valence-electron chi connectivity index (χ2n) is 3.50. The van der Waals surface area contributed by atoms with E-state index in [1.807, 2.05) is 30.3 Å². The maximum atomic E-state index is 10.6. The summed E-state index contributed by atoms with van der Waals surface area (Å²) in [5.41, 5.74) is 0.862. The topological polar surface area (TPSA) is 69.6 Å². The number of amides is 1. The molecule has 15 heavy (non-hydrogen) atoms. The highest BCUT2D eigenvalue weighted by Gasteiger charge is 2.20. The van der Waals surface area contributed by atoms with Gasteiger partial charge in [-0.3, -0.25) is 0 Å². The van der Waals surface area contributed by atoms with Crippen molar-refractivity contribution in [2.75, 3.05) is 6.61 Å². The summed E-state index contributed by atoms with van der Waals surface area (Å²) in [5.74, 6) is -0.150. The molecule has 0 saturated carbocycles. The number of rotatable bonds is 4. The minimum absolute atomic E-state index is 0.0557. The zero-order valence-electron chi connectivity index (χ0n) is 8.55. The first kappa shape index (κ1) is 11.5. The summed E-state index contributed by atoms with van der Waals surface area (Å²) < 4.78 is 0. The lowest BCUT2D eigenvalue weighted by atomic mass is 9.95. The molecule has 0 aromatic heterocycles. The average Bonchev–Trinajstić information content (AvgIpc) is 2.26. The van der Waals surface area contributed by atoms with E-state index in [0.717, 1.165) is 5.56 Å². The first-order chi connectivity index (χ1) is 7.15. The SMILES string of the molecule is C[C@H](CO)C(NC(=O)O)c1ccccc1. The maximum Gasteiger partial charge on any atom is 0.405 e. The largest absolute Gasteiger partial charge is 0.465 e. The molecule has 0 aliphatic heterocycles. The Morgan fingerprint density at radius 1 is 1.40 bits per heavy atom. The first-order valence-electron chi connectivity index (χ1n) is 4.80. The Bertz CT molecular complexity index is 313. The predicted octanol–water partition coefficient (Wildman–Crippen LogP) is 1.62. The Balaban J connectivity index is 2.86. The van der Waals surface area contributed by atoms with Crippen molar-refractivity contribution in [1.82, 2.24) is 5.32 Å². The standard InChI is InChI=1S/C11H15NO3/c1-8(7-13)10(12-11(14)15)9-5-3-2-4-6-9/h2-6,8,10,12-13H,7H2,1H3,(H,14,15)/t8-,10?/m1/s1. The molecule has 0 aliphatic rings. The van der Waals surface area contributed by atoms with Crippen LogP contribution < -0.4 is 5.32 Å². The van der Waals surface area contributed by atoms with Crippen molar-refractivity contribution in [3.63, 3.8) is 0 Å². The van der Waals surface area contributed by atoms with Gasteiger partial charge in [-0.05, 0) is 5.56 Å². The van der Waals surface area contributed by atoms with Crippen molar-refractivity contribution in [3.05, 3.63) is 35.9 Å². The fraction of sp³-hybridized carbons (Fsp3) is 0.364. The molecular weight excluding hydrogens is 194 g/mol. The van der Waals surface area contributed by atoms with E-state index in [9.17, 15) is 4.79 Å². The molecule has 1 amide bonds. The number of aliphatic hydroxyl groups excluding tert-OH is 1. The Hall–Kier alpha value is -1.55. The fourth-order valence-electron chi connectivity index (χ4n) is 1.45. The molecule has 1 unspecified atom stereocenters. The van der Waals surface area contributed by atoms with Crippen LogP contribution in [0.4, 0.5) is 4.79 Å². The molecule has 4 heteroatoms. The lowest BCUT2D eigenvalue weighted by Crippen LogP contribution is -2.32. The highest BCUT2D eigenvalue weighted by molar-refractivity contribution is 5.65. The van der Waals surface area contributed by atoms with Gasteiger partial charge in [-0.25, -0.2) is 4.79 Å². The number of nitrogens with one attached hydrogen (secondary N) is 1. The van der Waals surface area contributed by atoms with Crippen LogP contribution in [0.15, 0.2) is 30.3 Å². The van der Waals surface area contributed by atoms with Gasteiger partial charge in [0.1, 0.15) is 0 Å². The molecule has 0 bridgehead atoms. The van der Waals surface area contributed by atoms with E-state index in [0.29, 0.717) is 0 Å². The minimum Gasteiger partial charge on any atom is -0.465 e. The summed E-state index contributed by atoms with van der Waals surface area (Å²) in [6.45, 7) is 1.74. The van der Waals surface area contributed by atoms with Crippen LogP contribution in [0.25, 0.3) is 0 Å². The summed E-state index contributed by atoms with van der Waals surface area (Å²) in [6, 6.07) is 8.87. The number of benzene rings is 1. The predicted molar refractivity (Wildman–Crippen MR) is 56.6 cm³/mol. The minimum atomic E-state index is -1.08. The van der Waals surface area contributed by atoms with Gasteiger partial charge in [0.15, 0.2) is 0 Å². The lowest BCUT2D eigenvalue weighted by Gasteiger charge is -2.22. The Kier molecular flexibility index (Phi) is 4.12. The van der Waals surface area contributed by atoms with Gasteiger partial charge in [-0.2, -0.15) is 0 Å². The van der Waals surface area contributed by atoms with Crippen LogP contribution >= 0.6 is 0 Å². The summed E-state index contributed by atoms with van der Waals surface area (Å²) in [4.78, 5) is 10.6. The van der Waals surface area contributed by atoms with Crippen LogP contribution in [0.2, 0.25) is 0 Å². The summed E-state index contributed by atoms with van der Waals surface area (Å²) in [7, 11) is 0. The molecule has 0 saturated heterocycles.